The second-order valence-corrected chi connectivity index (χ2v) is 5.92. The number of hydrazone groups is 1. The number of thiazole rings is 1. The predicted octanol–water partition coefficient (Wildman–Crippen LogP) is 1.44. The van der Waals surface area contributed by atoms with Crippen molar-refractivity contribution in [2.45, 2.75) is 5.56 Å². The van der Waals surface area contributed by atoms with Crippen LogP contribution in [0.1, 0.15) is 11.3 Å². The highest BCUT2D eigenvalue weighted by molar-refractivity contribution is 7.80. The van der Waals surface area contributed by atoms with Gasteiger partial charge in [0.25, 0.3) is 5.56 Å². The second kappa shape index (κ2) is 7.40. The number of anilines is 1. The third-order valence-electron chi connectivity index (χ3n) is 2.93. The van der Waals surface area contributed by atoms with Gasteiger partial charge in [0.05, 0.1) is 0 Å². The molecule has 1 unspecified atom stereocenters. The highest BCUT2D eigenvalue weighted by Gasteiger charge is 2.32. The van der Waals surface area contributed by atoms with E-state index in [1.54, 1.807) is 17.5 Å². The van der Waals surface area contributed by atoms with Gasteiger partial charge < -0.3 is 20.1 Å². The largest absolute Gasteiger partial charge is 0.438 e. The first-order valence-corrected chi connectivity index (χ1v) is 8.31. The summed E-state index contributed by atoms with van der Waals surface area (Å²) in [6.45, 7) is 0. The SMILES string of the molecule is CO/N=C(\C(=O)ON1N=C(c2ccccc2)OC1S)c1csc(N)n1. The van der Waals surface area contributed by atoms with Crippen LogP contribution in [0.5, 0.6) is 0 Å². The molecule has 0 aliphatic carbocycles. The Labute approximate surface area is 152 Å². The lowest BCUT2D eigenvalue weighted by Gasteiger charge is -2.15. The summed E-state index contributed by atoms with van der Waals surface area (Å²) in [6.07, 6.45) is 0. The van der Waals surface area contributed by atoms with E-state index in [0.29, 0.717) is 0 Å². The molecule has 130 valence electrons. The molecule has 9 nitrogen and oxygen atoms in total. The van der Waals surface area contributed by atoms with Crippen molar-refractivity contribution in [3.63, 3.8) is 0 Å². The topological polar surface area (TPSA) is 112 Å². The van der Waals surface area contributed by atoms with Crippen LogP contribution in [0.15, 0.2) is 46.0 Å². The molecule has 0 amide bonds. The van der Waals surface area contributed by atoms with Gasteiger partial charge in [0, 0.05) is 10.9 Å². The van der Waals surface area contributed by atoms with Gasteiger partial charge in [0.1, 0.15) is 12.8 Å². The minimum Gasteiger partial charge on any atom is -0.438 e. The fourth-order valence-corrected chi connectivity index (χ4v) is 2.63. The lowest BCUT2D eigenvalue weighted by atomic mass is 10.2. The maximum Gasteiger partial charge on any atom is 0.389 e. The first-order chi connectivity index (χ1) is 12.1. The average molecular weight is 379 g/mol. The molecule has 1 aliphatic heterocycles. The molecule has 1 aromatic carbocycles. The summed E-state index contributed by atoms with van der Waals surface area (Å²) in [5.41, 5.74) is 5.48. The van der Waals surface area contributed by atoms with E-state index in [-0.39, 0.29) is 22.4 Å². The van der Waals surface area contributed by atoms with Gasteiger partial charge in [-0.3, -0.25) is 0 Å². The lowest BCUT2D eigenvalue weighted by molar-refractivity contribution is -0.194. The summed E-state index contributed by atoms with van der Waals surface area (Å²) in [5, 5.41) is 10.5. The second-order valence-electron chi connectivity index (χ2n) is 4.59. The maximum absolute atomic E-state index is 12.4. The first-order valence-electron chi connectivity index (χ1n) is 6.91. The number of nitrogens with zero attached hydrogens (tertiary/aromatic N) is 4. The Balaban J connectivity index is 1.77. The molecule has 1 aliphatic rings. The Kier molecular flexibility index (Phi) is 5.05. The number of aromatic nitrogens is 1. The Bertz CT molecular complexity index is 824. The van der Waals surface area contributed by atoms with Gasteiger partial charge in [-0.05, 0) is 12.1 Å². The number of hydrogen-bond donors (Lipinski definition) is 2. The molecule has 2 aromatic rings. The fraction of sp³-hybridized carbons (Fsp3) is 0.143. The lowest BCUT2D eigenvalue weighted by Crippen LogP contribution is -2.31. The molecular formula is C14H13N5O4S2. The molecule has 0 bridgehead atoms. The number of thiol groups is 1. The smallest absolute Gasteiger partial charge is 0.389 e. The van der Waals surface area contributed by atoms with E-state index in [4.69, 9.17) is 15.3 Å². The third kappa shape index (κ3) is 3.83. The number of oxime groups is 1. The van der Waals surface area contributed by atoms with E-state index < -0.39 is 11.5 Å². The zero-order chi connectivity index (χ0) is 17.8. The van der Waals surface area contributed by atoms with Gasteiger partial charge in [-0.1, -0.05) is 33.6 Å². The van der Waals surface area contributed by atoms with Crippen molar-refractivity contribution >= 4 is 46.7 Å². The van der Waals surface area contributed by atoms with Crippen molar-refractivity contribution in [1.29, 1.82) is 0 Å². The van der Waals surface area contributed by atoms with Crippen LogP contribution in [0.2, 0.25) is 0 Å². The third-order valence-corrected chi connectivity index (χ3v) is 3.91. The van der Waals surface area contributed by atoms with Gasteiger partial charge in [0.15, 0.2) is 5.13 Å². The molecular weight excluding hydrogens is 366 g/mol. The fourth-order valence-electron chi connectivity index (χ4n) is 1.88. The number of hydroxylamine groups is 1. The number of rotatable bonds is 5. The molecule has 0 saturated carbocycles. The van der Waals surface area contributed by atoms with Gasteiger partial charge >= 0.3 is 5.97 Å². The summed E-state index contributed by atoms with van der Waals surface area (Å²) in [4.78, 5) is 26.2. The number of benzene rings is 1. The van der Waals surface area contributed by atoms with Gasteiger partial charge in [-0.25, -0.2) is 9.78 Å². The minimum atomic E-state index is -0.900. The van der Waals surface area contributed by atoms with E-state index in [9.17, 15) is 4.79 Å². The zero-order valence-electron chi connectivity index (χ0n) is 12.9. The molecule has 0 fully saturated rings. The molecule has 25 heavy (non-hydrogen) atoms. The maximum atomic E-state index is 12.4. The summed E-state index contributed by atoms with van der Waals surface area (Å²) < 4.78 is 5.47. The van der Waals surface area contributed by atoms with Crippen molar-refractivity contribution in [2.24, 2.45) is 10.3 Å². The van der Waals surface area contributed by atoms with Crippen LogP contribution in [0.4, 0.5) is 5.13 Å². The van der Waals surface area contributed by atoms with Crippen LogP contribution in [0.25, 0.3) is 0 Å². The van der Waals surface area contributed by atoms with Crippen molar-refractivity contribution in [1.82, 2.24) is 10.2 Å². The van der Waals surface area contributed by atoms with Crippen LogP contribution < -0.4 is 5.73 Å². The van der Waals surface area contributed by atoms with Crippen molar-refractivity contribution in [2.75, 3.05) is 12.8 Å². The normalized spacial score (nSPS) is 17.0. The number of nitrogens with two attached hydrogens (primary N) is 1. The summed E-state index contributed by atoms with van der Waals surface area (Å²) in [5.74, 6) is -0.565. The van der Waals surface area contributed by atoms with Crippen molar-refractivity contribution < 1.29 is 19.2 Å². The highest BCUT2D eigenvalue weighted by Crippen LogP contribution is 2.21. The Hall–Kier alpha value is -2.79. The predicted molar refractivity (Wildman–Crippen MR) is 94.8 cm³/mol. The number of ether oxygens (including phenoxy) is 1. The van der Waals surface area contributed by atoms with E-state index in [2.05, 4.69) is 32.7 Å². The number of carbonyl (C=O) groups excluding carboxylic acids is 1. The number of carbonyl (C=O) groups is 1. The summed E-state index contributed by atoms with van der Waals surface area (Å²) >= 11 is 5.35. The van der Waals surface area contributed by atoms with Gasteiger partial charge in [-0.2, -0.15) is 0 Å². The summed E-state index contributed by atoms with van der Waals surface area (Å²) in [6, 6.07) is 9.14. The molecule has 0 radical (unpaired) electrons. The Morgan fingerprint density at radius 3 is 2.84 bits per heavy atom. The van der Waals surface area contributed by atoms with Crippen LogP contribution in [0.3, 0.4) is 0 Å². The first kappa shape index (κ1) is 17.0. The molecule has 11 heteroatoms. The standard InChI is InChI=1S/C14H13N5O4S2/c1-21-18-10(9-7-25-13(15)16-9)12(20)23-19-14(24)22-11(17-19)8-5-3-2-4-6-8/h2-7,14,24H,1H3,(H2,15,16)/b18-10-. The molecule has 0 spiro atoms. The van der Waals surface area contributed by atoms with Crippen molar-refractivity contribution in [3.8, 4) is 0 Å². The molecule has 1 aromatic heterocycles. The molecule has 0 saturated heterocycles. The van der Waals surface area contributed by atoms with Crippen LogP contribution in [-0.4, -0.2) is 40.4 Å². The van der Waals surface area contributed by atoms with Crippen LogP contribution in [0, 0.1) is 0 Å². The average Bonchev–Trinajstić information content (AvgIpc) is 3.19. The molecule has 2 heterocycles. The Morgan fingerprint density at radius 1 is 1.44 bits per heavy atom. The quantitative estimate of drug-likeness (QED) is 0.459. The van der Waals surface area contributed by atoms with E-state index in [1.165, 1.54) is 7.11 Å². The zero-order valence-corrected chi connectivity index (χ0v) is 14.6. The molecule has 3 rings (SSSR count). The number of nitrogen functional groups attached to an aromatic ring is 1. The Morgan fingerprint density at radius 2 is 2.20 bits per heavy atom. The molecule has 1 atom stereocenters. The van der Waals surface area contributed by atoms with E-state index in [1.807, 2.05) is 18.2 Å². The van der Waals surface area contributed by atoms with Crippen molar-refractivity contribution in [3.05, 3.63) is 47.0 Å². The van der Waals surface area contributed by atoms with Crippen LogP contribution >= 0.6 is 24.0 Å². The van der Waals surface area contributed by atoms with Gasteiger partial charge in [-0.15, -0.1) is 24.0 Å². The molecule has 2 N–H and O–H groups in total. The van der Waals surface area contributed by atoms with E-state index >= 15 is 0 Å². The highest BCUT2D eigenvalue weighted by atomic mass is 32.1. The van der Waals surface area contributed by atoms with Crippen LogP contribution in [-0.2, 0) is 19.2 Å². The van der Waals surface area contributed by atoms with Gasteiger partial charge in [0.2, 0.25) is 11.6 Å². The number of hydrogen-bond acceptors (Lipinski definition) is 11. The minimum absolute atomic E-state index is 0.153. The van der Waals surface area contributed by atoms with E-state index in [0.717, 1.165) is 22.1 Å². The monoisotopic (exact) mass is 379 g/mol. The summed E-state index contributed by atoms with van der Waals surface area (Å²) in [7, 11) is 1.30.